The van der Waals surface area contributed by atoms with Gasteiger partial charge in [-0.05, 0) is 31.9 Å². The molecular formula is C18H20N4O2. The minimum atomic E-state index is -0.0263. The molecular weight excluding hydrogens is 304 g/mol. The summed E-state index contributed by atoms with van der Waals surface area (Å²) in [5, 5.41) is 9.23. The molecule has 24 heavy (non-hydrogen) atoms. The second-order valence-electron chi connectivity index (χ2n) is 6.19. The van der Waals surface area contributed by atoms with Crippen molar-refractivity contribution in [2.75, 3.05) is 13.1 Å². The Morgan fingerprint density at radius 2 is 2.08 bits per heavy atom. The van der Waals surface area contributed by atoms with Crippen molar-refractivity contribution in [1.82, 2.24) is 19.7 Å². The molecule has 3 heterocycles. The fourth-order valence-corrected chi connectivity index (χ4v) is 3.41. The summed E-state index contributed by atoms with van der Waals surface area (Å²) >= 11 is 0. The van der Waals surface area contributed by atoms with Crippen LogP contribution in [0.1, 0.15) is 42.1 Å². The number of hydrogen-bond acceptors (Lipinski definition) is 4. The number of benzene rings is 1. The van der Waals surface area contributed by atoms with E-state index in [1.165, 1.54) is 0 Å². The van der Waals surface area contributed by atoms with Gasteiger partial charge in [-0.3, -0.25) is 4.79 Å². The molecule has 124 valence electrons. The van der Waals surface area contributed by atoms with Crippen LogP contribution in [-0.4, -0.2) is 38.7 Å². The Hall–Kier alpha value is -2.63. The first-order valence-corrected chi connectivity index (χ1v) is 8.42. The van der Waals surface area contributed by atoms with Crippen LogP contribution in [0.4, 0.5) is 0 Å². The molecule has 6 nitrogen and oxygen atoms in total. The van der Waals surface area contributed by atoms with E-state index >= 15 is 0 Å². The molecule has 0 N–H and O–H groups in total. The highest BCUT2D eigenvalue weighted by atomic mass is 16.3. The van der Waals surface area contributed by atoms with Gasteiger partial charge in [0.15, 0.2) is 5.76 Å². The summed E-state index contributed by atoms with van der Waals surface area (Å²) in [5.41, 5.74) is 0.756. The number of carbonyl (C=O) groups excluding carboxylic acids is 1. The zero-order chi connectivity index (χ0) is 16.5. The van der Waals surface area contributed by atoms with Crippen molar-refractivity contribution in [2.24, 2.45) is 0 Å². The van der Waals surface area contributed by atoms with Gasteiger partial charge in [0.2, 0.25) is 0 Å². The van der Waals surface area contributed by atoms with Crippen molar-refractivity contribution in [1.29, 1.82) is 0 Å². The topological polar surface area (TPSA) is 64.2 Å². The Bertz CT molecular complexity index is 826. The largest absolute Gasteiger partial charge is 0.451 e. The number of furan rings is 1. The summed E-state index contributed by atoms with van der Waals surface area (Å²) in [6, 6.07) is 9.53. The Morgan fingerprint density at radius 1 is 1.29 bits per heavy atom. The smallest absolute Gasteiger partial charge is 0.289 e. The van der Waals surface area contributed by atoms with Crippen LogP contribution in [0.25, 0.3) is 11.0 Å². The van der Waals surface area contributed by atoms with E-state index in [0.717, 1.165) is 49.3 Å². The molecule has 1 aliphatic heterocycles. The highest BCUT2D eigenvalue weighted by Gasteiger charge is 2.28. The molecule has 1 aromatic carbocycles. The first-order valence-electron chi connectivity index (χ1n) is 8.42. The molecule has 6 heteroatoms. The molecule has 1 aliphatic rings. The zero-order valence-corrected chi connectivity index (χ0v) is 13.7. The van der Waals surface area contributed by atoms with E-state index in [-0.39, 0.29) is 5.91 Å². The molecule has 3 aromatic rings. The Kier molecular flexibility index (Phi) is 3.80. The summed E-state index contributed by atoms with van der Waals surface area (Å²) in [4.78, 5) is 14.6. The second-order valence-corrected chi connectivity index (χ2v) is 6.19. The average Bonchev–Trinajstić information content (AvgIpc) is 3.27. The van der Waals surface area contributed by atoms with Crippen molar-refractivity contribution < 1.29 is 9.21 Å². The van der Waals surface area contributed by atoms with Gasteiger partial charge in [0.05, 0.1) is 0 Å². The first-order chi connectivity index (χ1) is 11.8. The summed E-state index contributed by atoms with van der Waals surface area (Å²) in [6.45, 7) is 4.40. The number of fused-ring (bicyclic) bond motifs is 1. The van der Waals surface area contributed by atoms with Gasteiger partial charge in [0, 0.05) is 30.9 Å². The van der Waals surface area contributed by atoms with Crippen LogP contribution in [0.15, 0.2) is 41.1 Å². The summed E-state index contributed by atoms with van der Waals surface area (Å²) in [5.74, 6) is 1.80. The third kappa shape index (κ3) is 2.58. The highest BCUT2D eigenvalue weighted by Crippen LogP contribution is 2.28. The van der Waals surface area contributed by atoms with Crippen molar-refractivity contribution >= 4 is 16.9 Å². The standard InChI is InChI=1S/C18H20N4O2/c1-2-21-12-19-20-17(21)13-7-9-22(10-8-13)18(23)16-11-14-5-3-4-6-15(14)24-16/h3-6,11-13H,2,7-10H2,1H3. The van der Waals surface area contributed by atoms with E-state index in [0.29, 0.717) is 11.7 Å². The third-order valence-corrected chi connectivity index (χ3v) is 4.77. The normalized spacial score (nSPS) is 16.0. The van der Waals surface area contributed by atoms with E-state index in [9.17, 15) is 4.79 Å². The lowest BCUT2D eigenvalue weighted by molar-refractivity contribution is 0.0680. The van der Waals surface area contributed by atoms with Gasteiger partial charge in [-0.15, -0.1) is 10.2 Å². The van der Waals surface area contributed by atoms with E-state index < -0.39 is 0 Å². The van der Waals surface area contributed by atoms with Crippen LogP contribution in [0, 0.1) is 0 Å². The first kappa shape index (κ1) is 14.9. The maximum atomic E-state index is 12.7. The number of hydrogen-bond donors (Lipinski definition) is 0. The van der Waals surface area contributed by atoms with E-state index in [2.05, 4.69) is 21.7 Å². The van der Waals surface area contributed by atoms with Gasteiger partial charge in [-0.2, -0.15) is 0 Å². The van der Waals surface area contributed by atoms with Gasteiger partial charge in [-0.25, -0.2) is 0 Å². The second kappa shape index (κ2) is 6.11. The Morgan fingerprint density at radius 3 is 2.83 bits per heavy atom. The number of likely N-dealkylation sites (tertiary alicyclic amines) is 1. The van der Waals surface area contributed by atoms with Crippen molar-refractivity contribution in [2.45, 2.75) is 32.2 Å². The summed E-state index contributed by atoms with van der Waals surface area (Å²) in [6.07, 6.45) is 3.59. The number of aryl methyl sites for hydroxylation is 1. The van der Waals surface area contributed by atoms with E-state index in [1.807, 2.05) is 35.2 Å². The number of nitrogens with zero attached hydrogens (tertiary/aromatic N) is 4. The third-order valence-electron chi connectivity index (χ3n) is 4.77. The predicted octanol–water partition coefficient (Wildman–Crippen LogP) is 3.06. The fourth-order valence-electron chi connectivity index (χ4n) is 3.41. The number of amides is 1. The quantitative estimate of drug-likeness (QED) is 0.743. The van der Waals surface area contributed by atoms with Crippen LogP contribution < -0.4 is 0 Å². The van der Waals surface area contributed by atoms with Gasteiger partial charge in [0.1, 0.15) is 17.7 Å². The van der Waals surface area contributed by atoms with E-state index in [1.54, 1.807) is 6.33 Å². The molecule has 0 aliphatic carbocycles. The number of aromatic nitrogens is 3. The Balaban J connectivity index is 1.46. The molecule has 1 amide bonds. The lowest BCUT2D eigenvalue weighted by atomic mass is 9.95. The lowest BCUT2D eigenvalue weighted by Gasteiger charge is -2.31. The number of carbonyl (C=O) groups is 1. The van der Waals surface area contributed by atoms with Crippen LogP contribution >= 0.6 is 0 Å². The monoisotopic (exact) mass is 324 g/mol. The molecule has 1 fully saturated rings. The number of para-hydroxylation sites is 1. The molecule has 4 rings (SSSR count). The average molecular weight is 324 g/mol. The Labute approximate surface area is 140 Å². The molecule has 0 saturated carbocycles. The van der Waals surface area contributed by atoms with Gasteiger partial charge >= 0.3 is 0 Å². The number of rotatable bonds is 3. The summed E-state index contributed by atoms with van der Waals surface area (Å²) < 4.78 is 7.79. The van der Waals surface area contributed by atoms with Crippen LogP contribution in [0.2, 0.25) is 0 Å². The maximum absolute atomic E-state index is 12.7. The molecule has 0 bridgehead atoms. The highest BCUT2D eigenvalue weighted by molar-refractivity contribution is 5.96. The molecule has 0 spiro atoms. The van der Waals surface area contributed by atoms with Gasteiger partial charge < -0.3 is 13.9 Å². The van der Waals surface area contributed by atoms with Crippen molar-refractivity contribution in [3.8, 4) is 0 Å². The number of piperidine rings is 1. The fraction of sp³-hybridized carbons (Fsp3) is 0.389. The zero-order valence-electron chi connectivity index (χ0n) is 13.7. The van der Waals surface area contributed by atoms with Crippen molar-refractivity contribution in [3.63, 3.8) is 0 Å². The minimum absolute atomic E-state index is 0.0263. The molecule has 0 unspecified atom stereocenters. The van der Waals surface area contributed by atoms with E-state index in [4.69, 9.17) is 4.42 Å². The van der Waals surface area contributed by atoms with Gasteiger partial charge in [0.25, 0.3) is 5.91 Å². The summed E-state index contributed by atoms with van der Waals surface area (Å²) in [7, 11) is 0. The molecule has 0 radical (unpaired) electrons. The molecule has 1 saturated heterocycles. The SMILES string of the molecule is CCn1cnnc1C1CCN(C(=O)c2cc3ccccc3o2)CC1. The van der Waals surface area contributed by atoms with Crippen molar-refractivity contribution in [3.05, 3.63) is 48.2 Å². The van der Waals surface area contributed by atoms with Crippen LogP contribution in [0.3, 0.4) is 0 Å². The van der Waals surface area contributed by atoms with Crippen LogP contribution in [0.5, 0.6) is 0 Å². The molecule has 0 atom stereocenters. The molecule has 2 aromatic heterocycles. The lowest BCUT2D eigenvalue weighted by Crippen LogP contribution is -2.38. The predicted molar refractivity (Wildman–Crippen MR) is 89.8 cm³/mol. The van der Waals surface area contributed by atoms with Crippen LogP contribution in [-0.2, 0) is 6.54 Å². The minimum Gasteiger partial charge on any atom is -0.451 e. The van der Waals surface area contributed by atoms with Gasteiger partial charge in [-0.1, -0.05) is 18.2 Å². The maximum Gasteiger partial charge on any atom is 0.289 e.